The van der Waals surface area contributed by atoms with Crippen LogP contribution in [0.25, 0.3) is 44.3 Å². The van der Waals surface area contributed by atoms with E-state index in [1.54, 1.807) is 6.20 Å². The Bertz CT molecular complexity index is 1890. The van der Waals surface area contributed by atoms with Gasteiger partial charge in [0.05, 0.1) is 23.8 Å². The molecule has 0 aliphatic heterocycles. The first-order valence-corrected chi connectivity index (χ1v) is 13.6. The molecule has 1 amide bonds. The van der Waals surface area contributed by atoms with Crippen LogP contribution in [0.15, 0.2) is 73.3 Å². The Labute approximate surface area is 247 Å². The summed E-state index contributed by atoms with van der Waals surface area (Å²) in [6.45, 7) is 3.67. The van der Waals surface area contributed by atoms with E-state index in [1.807, 2.05) is 91.9 Å². The van der Waals surface area contributed by atoms with E-state index in [-0.39, 0.29) is 22.4 Å². The maximum atomic E-state index is 12.0. The van der Waals surface area contributed by atoms with Crippen LogP contribution in [0.2, 0.25) is 10.6 Å². The zero-order valence-electron chi connectivity index (χ0n) is 22.9. The molecular formula is C30H28Cl2N8O. The van der Waals surface area contributed by atoms with Crippen LogP contribution < -0.4 is 11.1 Å². The fourth-order valence-electron chi connectivity index (χ4n) is 4.58. The van der Waals surface area contributed by atoms with Crippen LogP contribution in [0, 0.1) is 5.92 Å². The lowest BCUT2D eigenvalue weighted by Crippen LogP contribution is -2.18. The predicted molar refractivity (Wildman–Crippen MR) is 166 cm³/mol. The van der Waals surface area contributed by atoms with Crippen molar-refractivity contribution in [1.82, 2.24) is 29.1 Å². The standard InChI is InChI=1S/C17H17ClN4O.C13H11ClN4/c1-10(2)16(23)20-13-8-19-17(18)21-15(13)12-9-22(3)14-7-5-4-6-11(12)14;1-18-7-9(8-4-2-3-5-11(8)18)12-10(15)6-16-13(14)17-12/h4-10H,1-3H3,(H,20,23);2-7H,15H2,1H3. The molecule has 0 aliphatic carbocycles. The van der Waals surface area contributed by atoms with Crippen molar-refractivity contribution in [2.24, 2.45) is 20.0 Å². The van der Waals surface area contributed by atoms with Gasteiger partial charge in [0.1, 0.15) is 11.4 Å². The third kappa shape index (κ3) is 5.73. The molecule has 0 bridgehead atoms. The number of hydrogen-bond donors (Lipinski definition) is 2. The first-order valence-electron chi connectivity index (χ1n) is 12.8. The summed E-state index contributed by atoms with van der Waals surface area (Å²) in [5, 5.41) is 5.37. The molecule has 0 atom stereocenters. The number of nitrogen functional groups attached to an aromatic ring is 1. The number of hydrogen-bond acceptors (Lipinski definition) is 6. The maximum Gasteiger partial charge on any atom is 0.227 e. The first kappa shape index (κ1) is 28.1. The topological polar surface area (TPSA) is 117 Å². The number of benzene rings is 2. The molecule has 0 saturated carbocycles. The minimum absolute atomic E-state index is 0.0857. The molecule has 3 N–H and O–H groups in total. The average molecular weight is 588 g/mol. The summed E-state index contributed by atoms with van der Waals surface area (Å²) >= 11 is 11.8. The summed E-state index contributed by atoms with van der Waals surface area (Å²) in [7, 11) is 3.96. The summed E-state index contributed by atoms with van der Waals surface area (Å²) in [6.07, 6.45) is 7.06. The Hall–Kier alpha value is -4.47. The highest BCUT2D eigenvalue weighted by Crippen LogP contribution is 2.34. The Morgan fingerprint density at radius 2 is 1.29 bits per heavy atom. The van der Waals surface area contributed by atoms with Crippen LogP contribution in [-0.4, -0.2) is 35.0 Å². The van der Waals surface area contributed by atoms with Gasteiger partial charge >= 0.3 is 0 Å². The van der Waals surface area contributed by atoms with E-state index >= 15 is 0 Å². The molecule has 0 spiro atoms. The number of fused-ring (bicyclic) bond motifs is 2. The molecule has 0 radical (unpaired) electrons. The molecule has 6 rings (SSSR count). The van der Waals surface area contributed by atoms with Crippen molar-refractivity contribution in [2.75, 3.05) is 11.1 Å². The van der Waals surface area contributed by atoms with E-state index < -0.39 is 0 Å². The van der Waals surface area contributed by atoms with E-state index in [9.17, 15) is 4.79 Å². The van der Waals surface area contributed by atoms with Crippen molar-refractivity contribution in [3.05, 3.63) is 83.9 Å². The van der Waals surface area contributed by atoms with Crippen molar-refractivity contribution in [2.45, 2.75) is 13.8 Å². The highest BCUT2D eigenvalue weighted by molar-refractivity contribution is 6.28. The largest absolute Gasteiger partial charge is 0.396 e. The second kappa shape index (κ2) is 11.6. The molecule has 0 unspecified atom stereocenters. The second-order valence-corrected chi connectivity index (χ2v) is 10.5. The number of aryl methyl sites for hydroxylation is 2. The number of amides is 1. The summed E-state index contributed by atoms with van der Waals surface area (Å²) in [5.74, 6) is -0.219. The van der Waals surface area contributed by atoms with Crippen molar-refractivity contribution in [3.8, 4) is 22.5 Å². The molecule has 0 saturated heterocycles. The molecule has 0 fully saturated rings. The normalized spacial score (nSPS) is 11.1. The number of carbonyl (C=O) groups excluding carboxylic acids is 1. The van der Waals surface area contributed by atoms with E-state index in [2.05, 4.69) is 31.3 Å². The fourth-order valence-corrected chi connectivity index (χ4v) is 4.85. The summed E-state index contributed by atoms with van der Waals surface area (Å²) < 4.78 is 4.06. The molecular weight excluding hydrogens is 559 g/mol. The van der Waals surface area contributed by atoms with Gasteiger partial charge in [0.15, 0.2) is 0 Å². The predicted octanol–water partition coefficient (Wildman–Crippen LogP) is 6.75. The van der Waals surface area contributed by atoms with E-state index in [0.29, 0.717) is 22.8 Å². The van der Waals surface area contributed by atoms with Gasteiger partial charge in [-0.05, 0) is 35.3 Å². The lowest BCUT2D eigenvalue weighted by molar-refractivity contribution is -0.118. The van der Waals surface area contributed by atoms with Gasteiger partial charge in [-0.3, -0.25) is 4.79 Å². The van der Waals surface area contributed by atoms with Crippen molar-refractivity contribution in [3.63, 3.8) is 0 Å². The number of nitrogens with two attached hydrogens (primary N) is 1. The van der Waals surface area contributed by atoms with Crippen molar-refractivity contribution < 1.29 is 4.79 Å². The Kier molecular flexibility index (Phi) is 7.92. The number of aromatic nitrogens is 6. The average Bonchev–Trinajstić information content (AvgIpc) is 3.48. The second-order valence-electron chi connectivity index (χ2n) is 9.83. The van der Waals surface area contributed by atoms with Gasteiger partial charge in [-0.25, -0.2) is 19.9 Å². The lowest BCUT2D eigenvalue weighted by atomic mass is 10.1. The van der Waals surface area contributed by atoms with Gasteiger partial charge in [0, 0.05) is 65.3 Å². The maximum absolute atomic E-state index is 12.0. The van der Waals surface area contributed by atoms with Gasteiger partial charge in [0.2, 0.25) is 16.5 Å². The van der Waals surface area contributed by atoms with Gasteiger partial charge in [-0.1, -0.05) is 50.2 Å². The molecule has 9 nitrogen and oxygen atoms in total. The molecule has 11 heteroatoms. The fraction of sp³-hybridized carbons (Fsp3) is 0.167. The number of para-hydroxylation sites is 2. The summed E-state index contributed by atoms with van der Waals surface area (Å²) in [4.78, 5) is 28.5. The molecule has 41 heavy (non-hydrogen) atoms. The third-order valence-corrected chi connectivity index (χ3v) is 7.00. The number of halogens is 2. The summed E-state index contributed by atoms with van der Waals surface area (Å²) in [6, 6.07) is 16.1. The van der Waals surface area contributed by atoms with Gasteiger partial charge in [0.25, 0.3) is 0 Å². The molecule has 208 valence electrons. The van der Waals surface area contributed by atoms with Crippen LogP contribution in [0.5, 0.6) is 0 Å². The number of nitrogens with zero attached hydrogens (tertiary/aromatic N) is 6. The smallest absolute Gasteiger partial charge is 0.227 e. The Morgan fingerprint density at radius 3 is 1.85 bits per heavy atom. The molecule has 4 heterocycles. The van der Waals surface area contributed by atoms with Crippen LogP contribution in [0.1, 0.15) is 13.8 Å². The lowest BCUT2D eigenvalue weighted by Gasteiger charge is -2.11. The number of nitrogens with one attached hydrogen (secondary N) is 1. The zero-order valence-corrected chi connectivity index (χ0v) is 24.4. The van der Waals surface area contributed by atoms with E-state index in [1.165, 1.54) is 6.20 Å². The minimum Gasteiger partial charge on any atom is -0.396 e. The quantitative estimate of drug-likeness (QED) is 0.220. The SMILES string of the molecule is CC(C)C(=O)Nc1cnc(Cl)nc1-c1cn(C)c2ccccc12.Cn1cc(-c2nc(Cl)ncc2N)c2ccccc21. The van der Waals surface area contributed by atoms with Crippen molar-refractivity contribution >= 4 is 62.3 Å². The monoisotopic (exact) mass is 586 g/mol. The van der Waals surface area contributed by atoms with Crippen LogP contribution in [-0.2, 0) is 18.9 Å². The number of anilines is 2. The molecule has 4 aromatic heterocycles. The van der Waals surface area contributed by atoms with Crippen LogP contribution in [0.4, 0.5) is 11.4 Å². The Morgan fingerprint density at radius 1 is 0.805 bits per heavy atom. The van der Waals surface area contributed by atoms with Crippen LogP contribution >= 0.6 is 23.2 Å². The van der Waals surface area contributed by atoms with E-state index in [4.69, 9.17) is 28.9 Å². The minimum atomic E-state index is -0.133. The molecule has 6 aromatic rings. The Balaban J connectivity index is 0.000000169. The third-order valence-electron chi connectivity index (χ3n) is 6.63. The highest BCUT2D eigenvalue weighted by Gasteiger charge is 2.18. The number of carbonyl (C=O) groups is 1. The van der Waals surface area contributed by atoms with Gasteiger partial charge in [-0.2, -0.15) is 0 Å². The first-order chi connectivity index (χ1) is 19.6. The summed E-state index contributed by atoms with van der Waals surface area (Å²) in [5.41, 5.74) is 12.4. The molecule has 2 aromatic carbocycles. The van der Waals surface area contributed by atoms with Crippen LogP contribution in [0.3, 0.4) is 0 Å². The van der Waals surface area contributed by atoms with Gasteiger partial charge < -0.3 is 20.2 Å². The van der Waals surface area contributed by atoms with Gasteiger partial charge in [-0.15, -0.1) is 0 Å². The zero-order chi connectivity index (χ0) is 29.3. The van der Waals surface area contributed by atoms with Crippen molar-refractivity contribution in [1.29, 1.82) is 0 Å². The molecule has 0 aliphatic rings. The van der Waals surface area contributed by atoms with E-state index in [0.717, 1.165) is 32.9 Å². The number of rotatable bonds is 4. The highest BCUT2D eigenvalue weighted by atomic mass is 35.5.